The molecule has 2 amide bonds. The lowest BCUT2D eigenvalue weighted by molar-refractivity contribution is -0.120. The predicted molar refractivity (Wildman–Crippen MR) is 86.5 cm³/mol. The van der Waals surface area contributed by atoms with E-state index in [0.29, 0.717) is 5.69 Å². The molecule has 122 valence electrons. The van der Waals surface area contributed by atoms with Gasteiger partial charge < -0.3 is 5.32 Å². The number of imide groups is 1. The Labute approximate surface area is 137 Å². The molecule has 0 saturated carbocycles. The first-order valence-electron chi connectivity index (χ1n) is 7.26. The first-order chi connectivity index (χ1) is 11.4. The van der Waals surface area contributed by atoms with E-state index in [2.05, 4.69) is 5.32 Å². The summed E-state index contributed by atoms with van der Waals surface area (Å²) in [6.07, 6.45) is 1.11. The highest BCUT2D eigenvalue weighted by Gasteiger charge is 2.32. The van der Waals surface area contributed by atoms with E-state index in [9.17, 15) is 18.4 Å². The fourth-order valence-corrected chi connectivity index (χ4v) is 2.37. The molecule has 2 aromatic rings. The van der Waals surface area contributed by atoms with Gasteiger partial charge in [0.15, 0.2) is 0 Å². The third-order valence-corrected chi connectivity index (χ3v) is 3.77. The molecule has 0 aromatic heterocycles. The average molecular weight is 328 g/mol. The fraction of sp³-hybridized carbons (Fsp3) is 0.111. The van der Waals surface area contributed by atoms with Crippen LogP contribution in [0, 0.1) is 25.5 Å². The van der Waals surface area contributed by atoms with Crippen molar-refractivity contribution >= 4 is 23.2 Å². The molecule has 0 radical (unpaired) electrons. The molecule has 1 aliphatic heterocycles. The van der Waals surface area contributed by atoms with E-state index in [1.165, 1.54) is 6.92 Å². The molecule has 1 aliphatic rings. The minimum absolute atomic E-state index is 0.0387. The topological polar surface area (TPSA) is 49.4 Å². The zero-order valence-electron chi connectivity index (χ0n) is 13.1. The van der Waals surface area contributed by atoms with Crippen molar-refractivity contribution in [1.29, 1.82) is 0 Å². The molecule has 24 heavy (non-hydrogen) atoms. The number of nitrogens with zero attached hydrogens (tertiary/aromatic N) is 1. The Morgan fingerprint density at radius 1 is 0.958 bits per heavy atom. The second kappa shape index (κ2) is 5.88. The van der Waals surface area contributed by atoms with Gasteiger partial charge in [-0.25, -0.2) is 13.7 Å². The Kier molecular flexibility index (Phi) is 3.89. The minimum atomic E-state index is -0.731. The summed E-state index contributed by atoms with van der Waals surface area (Å²) in [6.45, 7) is 3.21. The van der Waals surface area contributed by atoms with E-state index >= 15 is 0 Å². The zero-order chi connectivity index (χ0) is 17.4. The quantitative estimate of drug-likeness (QED) is 0.878. The summed E-state index contributed by atoms with van der Waals surface area (Å²) in [6, 6.07) is 9.04. The van der Waals surface area contributed by atoms with E-state index in [-0.39, 0.29) is 16.9 Å². The Morgan fingerprint density at radius 2 is 1.54 bits per heavy atom. The molecule has 0 fully saturated rings. The van der Waals surface area contributed by atoms with Crippen molar-refractivity contribution in [1.82, 2.24) is 0 Å². The SMILES string of the molecule is Cc1ccc(N2C(=O)C=C(Nc3cc(F)c(C)c(F)c3)C2=O)cc1. The predicted octanol–water partition coefficient (Wildman–Crippen LogP) is 3.45. The fourth-order valence-electron chi connectivity index (χ4n) is 2.37. The summed E-state index contributed by atoms with van der Waals surface area (Å²) in [5.41, 5.74) is 1.35. The van der Waals surface area contributed by atoms with Gasteiger partial charge in [0, 0.05) is 17.3 Å². The van der Waals surface area contributed by atoms with Crippen LogP contribution >= 0.6 is 0 Å². The summed E-state index contributed by atoms with van der Waals surface area (Å²) in [7, 11) is 0. The Bertz CT molecular complexity index is 850. The minimum Gasteiger partial charge on any atom is -0.351 e. The third kappa shape index (κ3) is 2.78. The van der Waals surface area contributed by atoms with Crippen molar-refractivity contribution in [2.75, 3.05) is 10.2 Å². The van der Waals surface area contributed by atoms with Crippen molar-refractivity contribution < 1.29 is 18.4 Å². The molecular weight excluding hydrogens is 314 g/mol. The summed E-state index contributed by atoms with van der Waals surface area (Å²) in [5, 5.41) is 2.61. The summed E-state index contributed by atoms with van der Waals surface area (Å²) < 4.78 is 27.2. The molecular formula is C18H14F2N2O2. The van der Waals surface area contributed by atoms with Gasteiger partial charge in [-0.3, -0.25) is 9.59 Å². The first kappa shape index (κ1) is 15.9. The largest absolute Gasteiger partial charge is 0.351 e. The summed E-state index contributed by atoms with van der Waals surface area (Å²) >= 11 is 0. The molecule has 0 saturated heterocycles. The van der Waals surface area contributed by atoms with E-state index in [0.717, 1.165) is 28.7 Å². The molecule has 0 unspecified atom stereocenters. The van der Waals surface area contributed by atoms with Gasteiger partial charge in [-0.2, -0.15) is 0 Å². The standard InChI is InChI=1S/C18H14F2N2O2/c1-10-3-5-13(6-4-10)22-17(23)9-16(18(22)24)21-12-7-14(19)11(2)15(20)8-12/h3-9,21H,1-2H3. The van der Waals surface area contributed by atoms with Gasteiger partial charge in [0.25, 0.3) is 11.8 Å². The van der Waals surface area contributed by atoms with Crippen LogP contribution in [0.15, 0.2) is 48.2 Å². The number of amides is 2. The second-order valence-corrected chi connectivity index (χ2v) is 5.56. The molecule has 1 N–H and O–H groups in total. The number of aryl methyl sites for hydroxylation is 1. The van der Waals surface area contributed by atoms with Crippen LogP contribution in [-0.2, 0) is 9.59 Å². The number of halogens is 2. The molecule has 2 aromatic carbocycles. The van der Waals surface area contributed by atoms with Gasteiger partial charge in [0.2, 0.25) is 0 Å². The van der Waals surface area contributed by atoms with Gasteiger partial charge in [0.1, 0.15) is 17.3 Å². The second-order valence-electron chi connectivity index (χ2n) is 5.56. The number of hydrogen-bond donors (Lipinski definition) is 1. The van der Waals surface area contributed by atoms with Crippen LogP contribution < -0.4 is 10.2 Å². The van der Waals surface area contributed by atoms with Gasteiger partial charge in [-0.05, 0) is 38.1 Å². The van der Waals surface area contributed by atoms with Crippen molar-refractivity contribution in [3.05, 3.63) is 70.9 Å². The summed E-state index contributed by atoms with van der Waals surface area (Å²) in [5.74, 6) is -2.56. The summed E-state index contributed by atoms with van der Waals surface area (Å²) in [4.78, 5) is 25.5. The highest BCUT2D eigenvalue weighted by molar-refractivity contribution is 6.31. The molecule has 0 bridgehead atoms. The first-order valence-corrected chi connectivity index (χ1v) is 7.26. The number of carbonyl (C=O) groups is 2. The Hall–Kier alpha value is -3.02. The molecule has 0 aliphatic carbocycles. The molecule has 0 spiro atoms. The highest BCUT2D eigenvalue weighted by Crippen LogP contribution is 2.25. The lowest BCUT2D eigenvalue weighted by atomic mass is 10.2. The van der Waals surface area contributed by atoms with Gasteiger partial charge >= 0.3 is 0 Å². The van der Waals surface area contributed by atoms with E-state index in [4.69, 9.17) is 0 Å². The van der Waals surface area contributed by atoms with Gasteiger partial charge in [-0.1, -0.05) is 17.7 Å². The monoisotopic (exact) mass is 328 g/mol. The Morgan fingerprint density at radius 3 is 2.12 bits per heavy atom. The van der Waals surface area contributed by atoms with Crippen molar-refractivity contribution in [3.63, 3.8) is 0 Å². The van der Waals surface area contributed by atoms with Crippen LogP contribution in [0.5, 0.6) is 0 Å². The van der Waals surface area contributed by atoms with E-state index in [1.807, 2.05) is 6.92 Å². The smallest absolute Gasteiger partial charge is 0.281 e. The number of nitrogens with one attached hydrogen (secondary N) is 1. The zero-order valence-corrected chi connectivity index (χ0v) is 13.1. The van der Waals surface area contributed by atoms with Crippen LogP contribution in [0.1, 0.15) is 11.1 Å². The van der Waals surface area contributed by atoms with Crippen LogP contribution in [0.3, 0.4) is 0 Å². The van der Waals surface area contributed by atoms with E-state index in [1.54, 1.807) is 24.3 Å². The normalized spacial score (nSPS) is 14.2. The highest BCUT2D eigenvalue weighted by atomic mass is 19.1. The number of rotatable bonds is 3. The molecule has 4 nitrogen and oxygen atoms in total. The number of anilines is 2. The van der Waals surface area contributed by atoms with Crippen molar-refractivity contribution in [2.24, 2.45) is 0 Å². The van der Waals surface area contributed by atoms with Crippen molar-refractivity contribution in [3.8, 4) is 0 Å². The lowest BCUT2D eigenvalue weighted by Gasteiger charge is -2.15. The van der Waals surface area contributed by atoms with Gasteiger partial charge in [-0.15, -0.1) is 0 Å². The number of carbonyl (C=O) groups excluding carboxylic acids is 2. The number of benzene rings is 2. The lowest BCUT2D eigenvalue weighted by Crippen LogP contribution is -2.31. The maximum Gasteiger partial charge on any atom is 0.281 e. The third-order valence-electron chi connectivity index (χ3n) is 3.77. The molecule has 6 heteroatoms. The van der Waals surface area contributed by atoms with Crippen LogP contribution in [0.4, 0.5) is 20.2 Å². The molecule has 3 rings (SSSR count). The van der Waals surface area contributed by atoms with Crippen LogP contribution in [-0.4, -0.2) is 11.8 Å². The van der Waals surface area contributed by atoms with Crippen LogP contribution in [0.2, 0.25) is 0 Å². The van der Waals surface area contributed by atoms with Gasteiger partial charge in [0.05, 0.1) is 5.69 Å². The van der Waals surface area contributed by atoms with Crippen LogP contribution in [0.25, 0.3) is 0 Å². The maximum absolute atomic E-state index is 13.6. The molecule has 0 atom stereocenters. The van der Waals surface area contributed by atoms with Crippen molar-refractivity contribution in [2.45, 2.75) is 13.8 Å². The Balaban J connectivity index is 1.86. The average Bonchev–Trinajstić information content (AvgIpc) is 2.80. The van der Waals surface area contributed by atoms with E-state index < -0.39 is 23.4 Å². The maximum atomic E-state index is 13.6. The number of hydrogen-bond acceptors (Lipinski definition) is 3. The molecule has 1 heterocycles.